The molecule has 1 amide bonds. The average Bonchev–Trinajstić information content (AvgIpc) is 3.31. The lowest BCUT2D eigenvalue weighted by molar-refractivity contribution is -0.117. The average molecular weight is 367 g/mol. The first kappa shape index (κ1) is 18.1. The number of rotatable bonds is 5. The van der Waals surface area contributed by atoms with Gasteiger partial charge in [0, 0.05) is 43.4 Å². The SMILES string of the molecule is Cn1cccc1[C@@H]1CCCN1CC(=O)Nc1ccc(N2CCCCC2)cc1. The van der Waals surface area contributed by atoms with E-state index in [-0.39, 0.29) is 5.91 Å². The Hall–Kier alpha value is -2.27. The summed E-state index contributed by atoms with van der Waals surface area (Å²) in [5.41, 5.74) is 3.44. The minimum absolute atomic E-state index is 0.0711. The molecule has 0 aliphatic carbocycles. The first-order valence-corrected chi connectivity index (χ1v) is 10.2. The van der Waals surface area contributed by atoms with Gasteiger partial charge in [0.25, 0.3) is 0 Å². The van der Waals surface area contributed by atoms with Crippen LogP contribution in [-0.2, 0) is 11.8 Å². The number of carbonyl (C=O) groups is 1. The Labute approximate surface area is 162 Å². The van der Waals surface area contributed by atoms with Crippen molar-refractivity contribution in [2.75, 3.05) is 36.4 Å². The lowest BCUT2D eigenvalue weighted by Crippen LogP contribution is -2.33. The predicted molar refractivity (Wildman–Crippen MR) is 110 cm³/mol. The summed E-state index contributed by atoms with van der Waals surface area (Å²) in [5.74, 6) is 0.0711. The molecule has 2 aliphatic heterocycles. The van der Waals surface area contributed by atoms with Gasteiger partial charge < -0.3 is 14.8 Å². The van der Waals surface area contributed by atoms with Gasteiger partial charge in [-0.25, -0.2) is 0 Å². The van der Waals surface area contributed by atoms with Crippen LogP contribution < -0.4 is 10.2 Å². The fraction of sp³-hybridized carbons (Fsp3) is 0.500. The van der Waals surface area contributed by atoms with Crippen molar-refractivity contribution < 1.29 is 4.79 Å². The molecule has 1 aromatic heterocycles. The molecule has 0 spiro atoms. The number of hydrogen-bond acceptors (Lipinski definition) is 3. The van der Waals surface area contributed by atoms with Gasteiger partial charge in [-0.3, -0.25) is 9.69 Å². The number of piperidine rings is 1. The van der Waals surface area contributed by atoms with Gasteiger partial charge >= 0.3 is 0 Å². The standard InChI is InChI=1S/C22H30N4O/c1-24-13-5-7-20(24)21-8-6-16-26(21)17-22(27)23-18-9-11-19(12-10-18)25-14-3-2-4-15-25/h5,7,9-13,21H,2-4,6,8,14-17H2,1H3,(H,23,27)/t21-/m0/s1. The van der Waals surface area contributed by atoms with Crippen LogP contribution in [0.2, 0.25) is 0 Å². The Morgan fingerprint density at radius 3 is 2.52 bits per heavy atom. The van der Waals surface area contributed by atoms with Crippen molar-refractivity contribution in [1.82, 2.24) is 9.47 Å². The summed E-state index contributed by atoms with van der Waals surface area (Å²) in [7, 11) is 2.08. The van der Waals surface area contributed by atoms with Gasteiger partial charge in [0.2, 0.25) is 5.91 Å². The molecule has 2 fully saturated rings. The van der Waals surface area contributed by atoms with E-state index in [0.717, 1.165) is 38.2 Å². The molecule has 5 nitrogen and oxygen atoms in total. The zero-order chi connectivity index (χ0) is 18.6. The molecule has 5 heteroatoms. The molecule has 0 saturated carbocycles. The van der Waals surface area contributed by atoms with E-state index >= 15 is 0 Å². The molecular weight excluding hydrogens is 336 g/mol. The number of hydrogen-bond donors (Lipinski definition) is 1. The number of nitrogens with one attached hydrogen (secondary N) is 1. The number of likely N-dealkylation sites (tertiary alicyclic amines) is 1. The summed E-state index contributed by atoms with van der Waals surface area (Å²) in [5, 5.41) is 3.07. The quantitative estimate of drug-likeness (QED) is 0.875. The van der Waals surface area contributed by atoms with Crippen LogP contribution in [0, 0.1) is 0 Å². The number of nitrogens with zero attached hydrogens (tertiary/aromatic N) is 3. The van der Waals surface area contributed by atoms with Crippen LogP contribution in [0.5, 0.6) is 0 Å². The molecule has 2 aliphatic rings. The third-order valence-corrected chi connectivity index (χ3v) is 5.91. The van der Waals surface area contributed by atoms with Crippen molar-refractivity contribution in [3.8, 4) is 0 Å². The summed E-state index contributed by atoms with van der Waals surface area (Å²) in [6.07, 6.45) is 8.23. The lowest BCUT2D eigenvalue weighted by Gasteiger charge is -2.29. The van der Waals surface area contributed by atoms with Gasteiger partial charge in [0.1, 0.15) is 0 Å². The third kappa shape index (κ3) is 4.19. The lowest BCUT2D eigenvalue weighted by atomic mass is 10.1. The molecule has 4 rings (SSSR count). The van der Waals surface area contributed by atoms with Crippen molar-refractivity contribution in [3.63, 3.8) is 0 Å². The molecule has 1 N–H and O–H groups in total. The van der Waals surface area contributed by atoms with Crippen LogP contribution in [-0.4, -0.2) is 41.6 Å². The maximum atomic E-state index is 12.6. The van der Waals surface area contributed by atoms with E-state index < -0.39 is 0 Å². The van der Waals surface area contributed by atoms with Gasteiger partial charge in [-0.15, -0.1) is 0 Å². The molecule has 1 atom stereocenters. The van der Waals surface area contributed by atoms with Gasteiger partial charge in [-0.05, 0) is 75.0 Å². The van der Waals surface area contributed by atoms with Crippen molar-refractivity contribution in [2.45, 2.75) is 38.1 Å². The van der Waals surface area contributed by atoms with Crippen LogP contribution in [0.15, 0.2) is 42.6 Å². The maximum absolute atomic E-state index is 12.6. The number of aryl methyl sites for hydroxylation is 1. The van der Waals surface area contributed by atoms with Crippen molar-refractivity contribution in [1.29, 1.82) is 0 Å². The van der Waals surface area contributed by atoms with E-state index in [0.29, 0.717) is 12.6 Å². The first-order chi connectivity index (χ1) is 13.2. The van der Waals surface area contributed by atoms with Crippen LogP contribution in [0.25, 0.3) is 0 Å². The van der Waals surface area contributed by atoms with Gasteiger partial charge in [0.15, 0.2) is 0 Å². The molecule has 27 heavy (non-hydrogen) atoms. The molecule has 144 valence electrons. The minimum atomic E-state index is 0.0711. The van der Waals surface area contributed by atoms with Crippen LogP contribution >= 0.6 is 0 Å². The van der Waals surface area contributed by atoms with E-state index in [4.69, 9.17) is 0 Å². The Balaban J connectivity index is 1.34. The van der Waals surface area contributed by atoms with Gasteiger partial charge in [-0.2, -0.15) is 0 Å². The normalized spacial score (nSPS) is 20.8. The molecule has 3 heterocycles. The summed E-state index contributed by atoms with van der Waals surface area (Å²) in [4.78, 5) is 17.3. The van der Waals surface area contributed by atoms with Gasteiger partial charge in [0.05, 0.1) is 12.6 Å². The molecule has 2 saturated heterocycles. The Bertz CT molecular complexity index is 761. The van der Waals surface area contributed by atoms with Crippen molar-refractivity contribution in [3.05, 3.63) is 48.3 Å². The second kappa shape index (κ2) is 8.17. The summed E-state index contributed by atoms with van der Waals surface area (Å²) >= 11 is 0. The van der Waals surface area contributed by atoms with E-state index in [1.807, 2.05) is 12.1 Å². The summed E-state index contributed by atoms with van der Waals surface area (Å²) < 4.78 is 2.17. The van der Waals surface area contributed by atoms with Crippen LogP contribution in [0.1, 0.15) is 43.8 Å². The number of aromatic nitrogens is 1. The van der Waals surface area contributed by atoms with E-state index in [1.165, 1.54) is 30.6 Å². The monoisotopic (exact) mass is 366 g/mol. The van der Waals surface area contributed by atoms with Crippen molar-refractivity contribution >= 4 is 17.3 Å². The molecule has 1 aromatic carbocycles. The Kier molecular flexibility index (Phi) is 5.48. The van der Waals surface area contributed by atoms with E-state index in [2.05, 4.69) is 57.2 Å². The van der Waals surface area contributed by atoms with Crippen molar-refractivity contribution in [2.24, 2.45) is 7.05 Å². The van der Waals surface area contributed by atoms with Crippen LogP contribution in [0.4, 0.5) is 11.4 Å². The highest BCUT2D eigenvalue weighted by Crippen LogP contribution is 2.31. The third-order valence-electron chi connectivity index (χ3n) is 5.91. The topological polar surface area (TPSA) is 40.5 Å². The maximum Gasteiger partial charge on any atom is 0.238 e. The van der Waals surface area contributed by atoms with Crippen LogP contribution in [0.3, 0.4) is 0 Å². The number of amides is 1. The van der Waals surface area contributed by atoms with E-state index in [1.54, 1.807) is 0 Å². The Morgan fingerprint density at radius 2 is 1.81 bits per heavy atom. The zero-order valence-corrected chi connectivity index (χ0v) is 16.2. The zero-order valence-electron chi connectivity index (χ0n) is 16.2. The fourth-order valence-corrected chi connectivity index (χ4v) is 4.46. The molecular formula is C22H30N4O. The smallest absolute Gasteiger partial charge is 0.238 e. The molecule has 2 aromatic rings. The molecule has 0 radical (unpaired) electrons. The summed E-state index contributed by atoms with van der Waals surface area (Å²) in [6.45, 7) is 3.71. The minimum Gasteiger partial charge on any atom is -0.372 e. The second-order valence-corrected chi connectivity index (χ2v) is 7.82. The highest BCUT2D eigenvalue weighted by Gasteiger charge is 2.28. The van der Waals surface area contributed by atoms with E-state index in [9.17, 15) is 4.79 Å². The number of carbonyl (C=O) groups excluding carboxylic acids is 1. The highest BCUT2D eigenvalue weighted by molar-refractivity contribution is 5.92. The molecule has 0 unspecified atom stereocenters. The number of anilines is 2. The first-order valence-electron chi connectivity index (χ1n) is 10.2. The predicted octanol–water partition coefficient (Wildman–Crippen LogP) is 3.79. The number of benzene rings is 1. The van der Waals surface area contributed by atoms with Gasteiger partial charge in [-0.1, -0.05) is 0 Å². The highest BCUT2D eigenvalue weighted by atomic mass is 16.2. The summed E-state index contributed by atoms with van der Waals surface area (Å²) in [6, 6.07) is 12.9. The second-order valence-electron chi connectivity index (χ2n) is 7.82. The Morgan fingerprint density at radius 1 is 1.04 bits per heavy atom. The molecule has 0 bridgehead atoms. The fourth-order valence-electron chi connectivity index (χ4n) is 4.46. The largest absolute Gasteiger partial charge is 0.372 e.